The van der Waals surface area contributed by atoms with Gasteiger partial charge in [-0.2, -0.15) is 11.8 Å². The minimum Gasteiger partial charge on any atom is -0.480 e. The van der Waals surface area contributed by atoms with E-state index in [1.165, 1.54) is 0 Å². The maximum Gasteiger partial charge on any atom is 0.326 e. The van der Waals surface area contributed by atoms with Crippen molar-refractivity contribution in [3.63, 3.8) is 0 Å². The SMILES string of the molecule is CCSCCC(NC(=O)c1ccc(C)c(C)c1)C(=O)O. The van der Waals surface area contributed by atoms with Crippen LogP contribution in [0.1, 0.15) is 34.8 Å². The quantitative estimate of drug-likeness (QED) is 0.759. The van der Waals surface area contributed by atoms with Gasteiger partial charge in [-0.1, -0.05) is 13.0 Å². The topological polar surface area (TPSA) is 66.4 Å². The summed E-state index contributed by atoms with van der Waals surface area (Å²) in [6, 6.07) is 4.54. The molecule has 5 heteroatoms. The fraction of sp³-hybridized carbons (Fsp3) is 0.467. The zero-order valence-corrected chi connectivity index (χ0v) is 12.9. The van der Waals surface area contributed by atoms with Crippen molar-refractivity contribution in [3.05, 3.63) is 34.9 Å². The third kappa shape index (κ3) is 4.89. The summed E-state index contributed by atoms with van der Waals surface area (Å²) < 4.78 is 0. The smallest absolute Gasteiger partial charge is 0.326 e. The van der Waals surface area contributed by atoms with Gasteiger partial charge in [0.2, 0.25) is 0 Å². The van der Waals surface area contributed by atoms with E-state index >= 15 is 0 Å². The molecule has 4 nitrogen and oxygen atoms in total. The van der Waals surface area contributed by atoms with E-state index in [0.29, 0.717) is 12.0 Å². The number of carbonyl (C=O) groups is 2. The fourth-order valence-corrected chi connectivity index (χ4v) is 2.42. The molecule has 0 spiro atoms. The third-order valence-corrected chi connectivity index (χ3v) is 4.06. The number of hydrogen-bond donors (Lipinski definition) is 2. The van der Waals surface area contributed by atoms with Crippen LogP contribution < -0.4 is 5.32 Å². The molecule has 0 aromatic heterocycles. The molecular weight excluding hydrogens is 274 g/mol. The van der Waals surface area contributed by atoms with E-state index in [1.54, 1.807) is 23.9 Å². The highest BCUT2D eigenvalue weighted by Gasteiger charge is 2.20. The molecule has 0 saturated carbocycles. The van der Waals surface area contributed by atoms with Crippen LogP contribution in [0.3, 0.4) is 0 Å². The van der Waals surface area contributed by atoms with Crippen molar-refractivity contribution in [1.82, 2.24) is 5.32 Å². The van der Waals surface area contributed by atoms with E-state index < -0.39 is 12.0 Å². The lowest BCUT2D eigenvalue weighted by Gasteiger charge is -2.14. The van der Waals surface area contributed by atoms with Gasteiger partial charge in [0.1, 0.15) is 6.04 Å². The molecule has 1 aromatic rings. The Morgan fingerprint density at radius 2 is 2.00 bits per heavy atom. The molecule has 0 heterocycles. The Bertz CT molecular complexity index is 488. The summed E-state index contributed by atoms with van der Waals surface area (Å²) in [6.07, 6.45) is 0.435. The second-order valence-corrected chi connectivity index (χ2v) is 6.04. The number of carbonyl (C=O) groups excluding carboxylic acids is 1. The van der Waals surface area contributed by atoms with Gasteiger partial charge in [-0.25, -0.2) is 4.79 Å². The van der Waals surface area contributed by atoms with Crippen LogP contribution in [0.2, 0.25) is 0 Å². The van der Waals surface area contributed by atoms with Gasteiger partial charge >= 0.3 is 5.97 Å². The first-order valence-electron chi connectivity index (χ1n) is 6.64. The summed E-state index contributed by atoms with van der Waals surface area (Å²) in [4.78, 5) is 23.2. The fourth-order valence-electron chi connectivity index (χ4n) is 1.73. The monoisotopic (exact) mass is 295 g/mol. The summed E-state index contributed by atoms with van der Waals surface area (Å²) in [7, 11) is 0. The minimum absolute atomic E-state index is 0.331. The highest BCUT2D eigenvalue weighted by Crippen LogP contribution is 2.11. The van der Waals surface area contributed by atoms with Gasteiger partial charge in [0.15, 0.2) is 0 Å². The summed E-state index contributed by atoms with van der Waals surface area (Å²) in [5.41, 5.74) is 2.63. The zero-order chi connectivity index (χ0) is 15.1. The molecule has 1 aromatic carbocycles. The maximum atomic E-state index is 12.1. The molecule has 0 aliphatic rings. The number of carboxylic acids is 1. The molecule has 1 rings (SSSR count). The molecule has 0 bridgehead atoms. The minimum atomic E-state index is -0.987. The van der Waals surface area contributed by atoms with E-state index in [0.717, 1.165) is 22.6 Å². The van der Waals surface area contributed by atoms with Crippen molar-refractivity contribution in [1.29, 1.82) is 0 Å². The molecule has 0 radical (unpaired) electrons. The van der Waals surface area contributed by atoms with Crippen LogP contribution in [0, 0.1) is 13.8 Å². The molecule has 0 aliphatic carbocycles. The van der Waals surface area contributed by atoms with Crippen molar-refractivity contribution in [2.45, 2.75) is 33.2 Å². The summed E-state index contributed by atoms with van der Waals surface area (Å²) >= 11 is 1.67. The lowest BCUT2D eigenvalue weighted by atomic mass is 10.1. The molecule has 0 aliphatic heterocycles. The number of nitrogens with one attached hydrogen (secondary N) is 1. The number of hydrogen-bond acceptors (Lipinski definition) is 3. The van der Waals surface area contributed by atoms with Crippen molar-refractivity contribution in [2.75, 3.05) is 11.5 Å². The van der Waals surface area contributed by atoms with Crippen LogP contribution in [-0.4, -0.2) is 34.5 Å². The Labute approximate surface area is 124 Å². The second kappa shape index (κ2) is 7.94. The number of thioether (sulfide) groups is 1. The van der Waals surface area contributed by atoms with E-state index in [9.17, 15) is 9.59 Å². The van der Waals surface area contributed by atoms with Crippen LogP contribution in [-0.2, 0) is 4.79 Å². The number of aliphatic carboxylic acids is 1. The second-order valence-electron chi connectivity index (χ2n) is 4.65. The standard InChI is InChI=1S/C15H21NO3S/c1-4-20-8-7-13(15(18)19)16-14(17)12-6-5-10(2)11(3)9-12/h5-6,9,13H,4,7-8H2,1-3H3,(H,16,17)(H,18,19). The van der Waals surface area contributed by atoms with E-state index in [2.05, 4.69) is 5.32 Å². The van der Waals surface area contributed by atoms with Gasteiger partial charge in [0.05, 0.1) is 0 Å². The first-order chi connectivity index (χ1) is 9.45. The Hall–Kier alpha value is -1.49. The third-order valence-electron chi connectivity index (χ3n) is 3.13. The molecule has 1 atom stereocenters. The van der Waals surface area contributed by atoms with Crippen LogP contribution in [0.15, 0.2) is 18.2 Å². The lowest BCUT2D eigenvalue weighted by molar-refractivity contribution is -0.139. The highest BCUT2D eigenvalue weighted by molar-refractivity contribution is 7.99. The number of amides is 1. The van der Waals surface area contributed by atoms with Crippen LogP contribution in [0.25, 0.3) is 0 Å². The van der Waals surface area contributed by atoms with E-state index in [-0.39, 0.29) is 5.91 Å². The average Bonchev–Trinajstić information content (AvgIpc) is 2.40. The van der Waals surface area contributed by atoms with E-state index in [4.69, 9.17) is 5.11 Å². The maximum absolute atomic E-state index is 12.1. The molecular formula is C15H21NO3S. The van der Waals surface area contributed by atoms with Crippen LogP contribution in [0.5, 0.6) is 0 Å². The predicted octanol–water partition coefficient (Wildman–Crippen LogP) is 2.63. The highest BCUT2D eigenvalue weighted by atomic mass is 32.2. The summed E-state index contributed by atoms with van der Waals surface area (Å²) in [5.74, 6) is 0.346. The molecule has 2 N–H and O–H groups in total. The summed E-state index contributed by atoms with van der Waals surface area (Å²) in [6.45, 7) is 5.92. The molecule has 20 heavy (non-hydrogen) atoms. The van der Waals surface area contributed by atoms with Gasteiger partial charge < -0.3 is 10.4 Å². The number of benzene rings is 1. The molecule has 0 saturated heterocycles. The Balaban J connectivity index is 2.69. The van der Waals surface area contributed by atoms with Crippen LogP contribution in [0.4, 0.5) is 0 Å². The zero-order valence-electron chi connectivity index (χ0n) is 12.1. The van der Waals surface area contributed by atoms with Gasteiger partial charge in [0.25, 0.3) is 5.91 Å². The molecule has 1 amide bonds. The van der Waals surface area contributed by atoms with Gasteiger partial charge in [-0.05, 0) is 55.0 Å². The Morgan fingerprint density at radius 3 is 2.55 bits per heavy atom. The van der Waals surface area contributed by atoms with Gasteiger partial charge in [-0.15, -0.1) is 0 Å². The summed E-state index contributed by atoms with van der Waals surface area (Å²) in [5, 5.41) is 11.7. The number of carboxylic acid groups (broad SMARTS) is 1. The van der Waals surface area contributed by atoms with Gasteiger partial charge in [-0.3, -0.25) is 4.79 Å². The Morgan fingerprint density at radius 1 is 1.30 bits per heavy atom. The van der Waals surface area contributed by atoms with Crippen LogP contribution >= 0.6 is 11.8 Å². The van der Waals surface area contributed by atoms with Crippen molar-refractivity contribution in [3.8, 4) is 0 Å². The average molecular weight is 295 g/mol. The first-order valence-corrected chi connectivity index (χ1v) is 7.79. The largest absolute Gasteiger partial charge is 0.480 e. The normalized spacial score (nSPS) is 11.9. The lowest BCUT2D eigenvalue weighted by Crippen LogP contribution is -2.41. The molecule has 110 valence electrons. The van der Waals surface area contributed by atoms with Gasteiger partial charge in [0, 0.05) is 5.56 Å². The molecule has 0 fully saturated rings. The van der Waals surface area contributed by atoms with Crippen molar-refractivity contribution < 1.29 is 14.7 Å². The van der Waals surface area contributed by atoms with E-state index in [1.807, 2.05) is 26.8 Å². The Kier molecular flexibility index (Phi) is 6.58. The van der Waals surface area contributed by atoms with Crippen molar-refractivity contribution in [2.24, 2.45) is 0 Å². The molecule has 1 unspecified atom stereocenters. The first kappa shape index (κ1) is 16.6. The number of rotatable bonds is 7. The number of aryl methyl sites for hydroxylation is 2. The van der Waals surface area contributed by atoms with Crippen molar-refractivity contribution >= 4 is 23.6 Å². The predicted molar refractivity (Wildman–Crippen MR) is 82.4 cm³/mol.